The number of rotatable bonds is 3. The highest BCUT2D eigenvalue weighted by Crippen LogP contribution is 2.33. The van der Waals surface area contributed by atoms with Gasteiger partial charge in [0.2, 0.25) is 0 Å². The van der Waals surface area contributed by atoms with Crippen molar-refractivity contribution in [3.63, 3.8) is 0 Å². The standard InChI is InChI=1S/C11H12O3/c12-7-3-6-10-8-4-1-2-5-9(8)11(13)14-10/h1-2,4-5,10,12H,3,6-7H2/t10-/m0/s1. The highest BCUT2D eigenvalue weighted by atomic mass is 16.5. The van der Waals surface area contributed by atoms with Crippen LogP contribution >= 0.6 is 0 Å². The van der Waals surface area contributed by atoms with Gasteiger partial charge in [0.15, 0.2) is 0 Å². The summed E-state index contributed by atoms with van der Waals surface area (Å²) in [5.74, 6) is -0.247. The SMILES string of the molecule is O=C1O[C@@H](CCCO)c2ccccc21. The lowest BCUT2D eigenvalue weighted by atomic mass is 10.0. The first-order chi connectivity index (χ1) is 6.83. The Bertz CT molecular complexity index is 346. The molecule has 1 heterocycles. The molecular weight excluding hydrogens is 180 g/mol. The quantitative estimate of drug-likeness (QED) is 0.741. The molecule has 0 amide bonds. The highest BCUT2D eigenvalue weighted by molar-refractivity contribution is 5.93. The zero-order valence-electron chi connectivity index (χ0n) is 7.77. The molecular formula is C11H12O3. The fourth-order valence-corrected chi connectivity index (χ4v) is 1.71. The summed E-state index contributed by atoms with van der Waals surface area (Å²) in [6.07, 6.45) is 1.19. The van der Waals surface area contributed by atoms with E-state index in [2.05, 4.69) is 0 Å². The van der Waals surface area contributed by atoms with E-state index < -0.39 is 0 Å². The van der Waals surface area contributed by atoms with Crippen molar-refractivity contribution < 1.29 is 14.6 Å². The second-order valence-corrected chi connectivity index (χ2v) is 3.35. The molecule has 0 aliphatic carbocycles. The van der Waals surface area contributed by atoms with Crippen molar-refractivity contribution in [2.45, 2.75) is 18.9 Å². The van der Waals surface area contributed by atoms with Crippen molar-refractivity contribution in [3.8, 4) is 0 Å². The monoisotopic (exact) mass is 192 g/mol. The lowest BCUT2D eigenvalue weighted by Gasteiger charge is -2.08. The van der Waals surface area contributed by atoms with Crippen LogP contribution in [0.4, 0.5) is 0 Å². The predicted octanol–water partition coefficient (Wildman–Crippen LogP) is 1.67. The van der Waals surface area contributed by atoms with Crippen LogP contribution in [0.5, 0.6) is 0 Å². The average molecular weight is 192 g/mol. The molecule has 0 saturated carbocycles. The van der Waals surface area contributed by atoms with Gasteiger partial charge in [-0.3, -0.25) is 0 Å². The van der Waals surface area contributed by atoms with E-state index in [1.54, 1.807) is 6.07 Å². The maximum absolute atomic E-state index is 11.4. The second kappa shape index (κ2) is 3.80. The van der Waals surface area contributed by atoms with Crippen molar-refractivity contribution in [2.24, 2.45) is 0 Å². The van der Waals surface area contributed by atoms with Gasteiger partial charge >= 0.3 is 5.97 Å². The number of carbonyl (C=O) groups excluding carboxylic acids is 1. The first-order valence-corrected chi connectivity index (χ1v) is 4.73. The zero-order valence-corrected chi connectivity index (χ0v) is 7.77. The van der Waals surface area contributed by atoms with Crippen LogP contribution in [0.15, 0.2) is 24.3 Å². The molecule has 0 unspecified atom stereocenters. The third-order valence-corrected chi connectivity index (χ3v) is 2.40. The van der Waals surface area contributed by atoms with Crippen LogP contribution in [0.25, 0.3) is 0 Å². The van der Waals surface area contributed by atoms with E-state index in [-0.39, 0.29) is 18.7 Å². The molecule has 3 heteroatoms. The molecule has 1 aliphatic heterocycles. The Hall–Kier alpha value is -1.35. The summed E-state index contributed by atoms with van der Waals surface area (Å²) in [7, 11) is 0. The molecule has 74 valence electrons. The number of aliphatic hydroxyl groups excluding tert-OH is 1. The van der Waals surface area contributed by atoms with Gasteiger partial charge in [-0.25, -0.2) is 4.79 Å². The van der Waals surface area contributed by atoms with Crippen molar-refractivity contribution in [1.82, 2.24) is 0 Å². The Morgan fingerprint density at radius 3 is 2.93 bits per heavy atom. The summed E-state index contributed by atoms with van der Waals surface area (Å²) in [6.45, 7) is 0.135. The van der Waals surface area contributed by atoms with Crippen molar-refractivity contribution in [2.75, 3.05) is 6.61 Å². The van der Waals surface area contributed by atoms with Gasteiger partial charge in [-0.15, -0.1) is 0 Å². The maximum atomic E-state index is 11.4. The number of cyclic esters (lactones) is 1. The number of benzene rings is 1. The molecule has 14 heavy (non-hydrogen) atoms. The number of ether oxygens (including phenoxy) is 1. The number of esters is 1. The van der Waals surface area contributed by atoms with Crippen LogP contribution < -0.4 is 0 Å². The van der Waals surface area contributed by atoms with Gasteiger partial charge < -0.3 is 9.84 Å². The normalized spacial score (nSPS) is 19.2. The van der Waals surface area contributed by atoms with Crippen LogP contribution in [0.2, 0.25) is 0 Å². The smallest absolute Gasteiger partial charge is 0.339 e. The fraction of sp³-hybridized carbons (Fsp3) is 0.364. The predicted molar refractivity (Wildman–Crippen MR) is 50.9 cm³/mol. The van der Waals surface area contributed by atoms with Gasteiger partial charge in [0.05, 0.1) is 5.56 Å². The molecule has 1 N–H and O–H groups in total. The Labute approximate surface area is 82.3 Å². The Morgan fingerprint density at radius 2 is 2.14 bits per heavy atom. The van der Waals surface area contributed by atoms with E-state index in [9.17, 15) is 4.79 Å². The van der Waals surface area contributed by atoms with E-state index in [1.165, 1.54) is 0 Å². The second-order valence-electron chi connectivity index (χ2n) is 3.35. The summed E-state index contributed by atoms with van der Waals surface area (Å²) in [4.78, 5) is 11.4. The molecule has 1 aromatic carbocycles. The molecule has 1 atom stereocenters. The molecule has 0 fully saturated rings. The minimum absolute atomic E-state index is 0.135. The largest absolute Gasteiger partial charge is 0.454 e. The average Bonchev–Trinajstić information content (AvgIpc) is 2.54. The summed E-state index contributed by atoms with van der Waals surface area (Å²) in [5.41, 5.74) is 1.61. The van der Waals surface area contributed by atoms with Crippen molar-refractivity contribution >= 4 is 5.97 Å². The molecule has 3 nitrogen and oxygen atoms in total. The van der Waals surface area contributed by atoms with Crippen LogP contribution in [0.1, 0.15) is 34.9 Å². The maximum Gasteiger partial charge on any atom is 0.339 e. The lowest BCUT2D eigenvalue weighted by molar-refractivity contribution is 0.0354. The van der Waals surface area contributed by atoms with Gasteiger partial charge in [0.25, 0.3) is 0 Å². The minimum Gasteiger partial charge on any atom is -0.454 e. The third-order valence-electron chi connectivity index (χ3n) is 2.40. The molecule has 0 bridgehead atoms. The Morgan fingerprint density at radius 1 is 1.36 bits per heavy atom. The van der Waals surface area contributed by atoms with Crippen LogP contribution in [0, 0.1) is 0 Å². The molecule has 0 aromatic heterocycles. The van der Waals surface area contributed by atoms with Gasteiger partial charge in [0, 0.05) is 12.2 Å². The molecule has 0 radical (unpaired) electrons. The molecule has 0 spiro atoms. The van der Waals surface area contributed by atoms with Gasteiger partial charge in [-0.2, -0.15) is 0 Å². The van der Waals surface area contributed by atoms with Crippen LogP contribution in [0.3, 0.4) is 0 Å². The molecule has 1 aromatic rings. The Kier molecular flexibility index (Phi) is 2.50. The lowest BCUT2D eigenvalue weighted by Crippen LogP contribution is -1.99. The molecule has 2 rings (SSSR count). The third kappa shape index (κ3) is 1.51. The van der Waals surface area contributed by atoms with Crippen LogP contribution in [-0.2, 0) is 4.74 Å². The molecule has 1 aliphatic rings. The number of carbonyl (C=O) groups is 1. The summed E-state index contributed by atoms with van der Waals surface area (Å²) in [6, 6.07) is 7.40. The number of fused-ring (bicyclic) bond motifs is 1. The van der Waals surface area contributed by atoms with E-state index in [0.29, 0.717) is 18.4 Å². The van der Waals surface area contributed by atoms with Crippen molar-refractivity contribution in [1.29, 1.82) is 0 Å². The summed E-state index contributed by atoms with van der Waals surface area (Å²) in [5, 5.41) is 8.70. The number of aliphatic hydroxyl groups is 1. The van der Waals surface area contributed by atoms with Crippen LogP contribution in [-0.4, -0.2) is 17.7 Å². The van der Waals surface area contributed by atoms with E-state index in [4.69, 9.17) is 9.84 Å². The summed E-state index contributed by atoms with van der Waals surface area (Å²) < 4.78 is 5.18. The van der Waals surface area contributed by atoms with Crippen molar-refractivity contribution in [3.05, 3.63) is 35.4 Å². The van der Waals surface area contributed by atoms with E-state index in [1.807, 2.05) is 18.2 Å². The van der Waals surface area contributed by atoms with E-state index >= 15 is 0 Å². The Balaban J connectivity index is 2.21. The van der Waals surface area contributed by atoms with E-state index in [0.717, 1.165) is 5.56 Å². The number of hydrogen-bond acceptors (Lipinski definition) is 3. The minimum atomic E-state index is -0.247. The first-order valence-electron chi connectivity index (χ1n) is 4.73. The molecule has 0 saturated heterocycles. The topological polar surface area (TPSA) is 46.5 Å². The van der Waals surface area contributed by atoms with Gasteiger partial charge in [-0.1, -0.05) is 18.2 Å². The highest BCUT2D eigenvalue weighted by Gasteiger charge is 2.29. The first kappa shape index (κ1) is 9.21. The number of hydrogen-bond donors (Lipinski definition) is 1. The summed E-state index contributed by atoms with van der Waals surface area (Å²) >= 11 is 0. The van der Waals surface area contributed by atoms with Gasteiger partial charge in [0.1, 0.15) is 6.10 Å². The fourth-order valence-electron chi connectivity index (χ4n) is 1.71. The van der Waals surface area contributed by atoms with Gasteiger partial charge in [-0.05, 0) is 18.9 Å². The zero-order chi connectivity index (χ0) is 9.97.